The van der Waals surface area contributed by atoms with Crippen LogP contribution in [-0.4, -0.2) is 33.2 Å². The average molecular weight is 443 g/mol. The molecule has 0 bridgehead atoms. The third-order valence-electron chi connectivity index (χ3n) is 6.18. The summed E-state index contributed by atoms with van der Waals surface area (Å²) in [5.74, 6) is 0.115. The van der Waals surface area contributed by atoms with E-state index in [0.717, 1.165) is 36.6 Å². The molecule has 2 atom stereocenters. The number of hydrogen-bond donors (Lipinski definition) is 1. The van der Waals surface area contributed by atoms with Crippen LogP contribution in [0.1, 0.15) is 54.5 Å². The van der Waals surface area contributed by atoms with Gasteiger partial charge >= 0.3 is 0 Å². The van der Waals surface area contributed by atoms with Crippen molar-refractivity contribution < 1.29 is 17.9 Å². The molecule has 166 valence electrons. The second-order valence-electron chi connectivity index (χ2n) is 8.58. The zero-order valence-electron chi connectivity index (χ0n) is 18.3. The Balaban J connectivity index is 1.56. The van der Waals surface area contributed by atoms with E-state index < -0.39 is 16.1 Å². The molecule has 0 saturated heterocycles. The molecule has 2 aromatic rings. The molecule has 2 aromatic carbocycles. The summed E-state index contributed by atoms with van der Waals surface area (Å²) < 4.78 is 32.0. The largest absolute Gasteiger partial charge is 0.476 e. The summed E-state index contributed by atoms with van der Waals surface area (Å²) in [5.41, 5.74) is 5.27. The quantitative estimate of drug-likeness (QED) is 0.767. The Bertz CT molecular complexity index is 1100. The second kappa shape index (κ2) is 8.54. The third kappa shape index (κ3) is 4.56. The molecule has 1 aliphatic heterocycles. The van der Waals surface area contributed by atoms with Crippen molar-refractivity contribution in [2.24, 2.45) is 0 Å². The lowest BCUT2D eigenvalue weighted by Crippen LogP contribution is -2.51. The lowest BCUT2D eigenvalue weighted by molar-refractivity contribution is -0.128. The van der Waals surface area contributed by atoms with Gasteiger partial charge in [0.25, 0.3) is 5.91 Å². The molecule has 0 radical (unpaired) electrons. The van der Waals surface area contributed by atoms with Gasteiger partial charge in [-0.25, -0.2) is 8.42 Å². The van der Waals surface area contributed by atoms with Gasteiger partial charge in [-0.3, -0.25) is 9.10 Å². The third-order valence-corrected chi connectivity index (χ3v) is 7.32. The van der Waals surface area contributed by atoms with Crippen LogP contribution in [0.5, 0.6) is 5.75 Å². The number of aryl methyl sites for hydroxylation is 3. The van der Waals surface area contributed by atoms with Gasteiger partial charge in [0.15, 0.2) is 6.10 Å². The number of nitrogens with zero attached hydrogens (tertiary/aromatic N) is 1. The van der Waals surface area contributed by atoms with Crippen LogP contribution in [-0.2, 0) is 27.7 Å². The van der Waals surface area contributed by atoms with Gasteiger partial charge in [0.1, 0.15) is 5.75 Å². The fourth-order valence-corrected chi connectivity index (χ4v) is 5.38. The molecular weight excluding hydrogens is 412 g/mol. The number of rotatable bonds is 5. The highest BCUT2D eigenvalue weighted by Crippen LogP contribution is 2.36. The molecule has 1 N–H and O–H groups in total. The van der Waals surface area contributed by atoms with Crippen molar-refractivity contribution in [3.05, 3.63) is 58.7 Å². The van der Waals surface area contributed by atoms with Crippen LogP contribution in [0.25, 0.3) is 0 Å². The van der Waals surface area contributed by atoms with Crippen LogP contribution < -0.4 is 14.4 Å². The van der Waals surface area contributed by atoms with Crippen molar-refractivity contribution >= 4 is 21.6 Å². The maximum atomic E-state index is 13.1. The minimum absolute atomic E-state index is 0.0403. The van der Waals surface area contributed by atoms with E-state index >= 15 is 0 Å². The molecule has 2 aliphatic rings. The van der Waals surface area contributed by atoms with E-state index in [0.29, 0.717) is 11.4 Å². The summed E-state index contributed by atoms with van der Waals surface area (Å²) in [6.07, 6.45) is 5.62. The molecule has 0 aromatic heterocycles. The van der Waals surface area contributed by atoms with Crippen LogP contribution in [0.2, 0.25) is 0 Å². The van der Waals surface area contributed by atoms with Crippen LogP contribution in [0.15, 0.2) is 36.4 Å². The Morgan fingerprint density at radius 2 is 1.90 bits per heavy atom. The number of carbonyl (C=O) groups is 1. The molecular formula is C24H30N2O4S. The van der Waals surface area contributed by atoms with E-state index in [9.17, 15) is 13.2 Å². The lowest BCUT2D eigenvalue weighted by Gasteiger charge is -2.34. The molecule has 0 saturated carbocycles. The maximum Gasteiger partial charge on any atom is 0.263 e. The van der Waals surface area contributed by atoms with Crippen molar-refractivity contribution in [2.75, 3.05) is 17.1 Å². The fourth-order valence-electron chi connectivity index (χ4n) is 4.47. The zero-order valence-corrected chi connectivity index (χ0v) is 19.2. The van der Waals surface area contributed by atoms with Gasteiger partial charge in [0.2, 0.25) is 10.0 Å². The Hall–Kier alpha value is -2.54. The highest BCUT2D eigenvalue weighted by molar-refractivity contribution is 7.92. The van der Waals surface area contributed by atoms with Gasteiger partial charge in [0.05, 0.1) is 24.5 Å². The smallest absolute Gasteiger partial charge is 0.263 e. The topological polar surface area (TPSA) is 75.7 Å². The SMILES string of the molecule is CC[C@H](NC(=O)[C@@H]1CN(S(C)(=O)=O)c2ccc(C)cc2O1)c1ccc2c(c1)CCCC2. The number of hydrogen-bond acceptors (Lipinski definition) is 4. The van der Waals surface area contributed by atoms with Crippen LogP contribution in [0.4, 0.5) is 5.69 Å². The number of nitrogens with one attached hydrogen (secondary N) is 1. The molecule has 0 unspecified atom stereocenters. The monoisotopic (exact) mass is 442 g/mol. The van der Waals surface area contributed by atoms with Crippen molar-refractivity contribution in [1.82, 2.24) is 5.32 Å². The first kappa shape index (κ1) is 21.7. The summed E-state index contributed by atoms with van der Waals surface area (Å²) in [6.45, 7) is 3.90. The molecule has 4 rings (SSSR count). The van der Waals surface area contributed by atoms with E-state index in [1.165, 1.54) is 28.3 Å². The normalized spacial score (nSPS) is 19.1. The second-order valence-corrected chi connectivity index (χ2v) is 10.5. The summed E-state index contributed by atoms with van der Waals surface area (Å²) in [5, 5.41) is 3.09. The van der Waals surface area contributed by atoms with Gasteiger partial charge in [-0.15, -0.1) is 0 Å². The van der Waals surface area contributed by atoms with Crippen LogP contribution >= 0.6 is 0 Å². The molecule has 0 spiro atoms. The van der Waals surface area contributed by atoms with E-state index in [1.54, 1.807) is 12.1 Å². The average Bonchev–Trinajstić information content (AvgIpc) is 2.75. The molecule has 1 heterocycles. The molecule has 7 heteroatoms. The van der Waals surface area contributed by atoms with Gasteiger partial charge in [-0.2, -0.15) is 0 Å². The summed E-state index contributed by atoms with van der Waals surface area (Å²) in [7, 11) is -3.54. The number of ether oxygens (including phenoxy) is 1. The summed E-state index contributed by atoms with van der Waals surface area (Å²) in [4.78, 5) is 13.1. The highest BCUT2D eigenvalue weighted by Gasteiger charge is 2.35. The van der Waals surface area contributed by atoms with Crippen molar-refractivity contribution in [2.45, 2.75) is 58.1 Å². The van der Waals surface area contributed by atoms with Crippen molar-refractivity contribution in [1.29, 1.82) is 0 Å². The standard InChI is InChI=1S/C24H30N2O4S/c1-4-20(19-11-10-17-7-5-6-8-18(17)14-19)25-24(27)23-15-26(31(3,28)29)21-12-9-16(2)13-22(21)30-23/h9-14,20,23H,4-8,15H2,1-3H3,(H,25,27)/t20-,23-/m0/s1. The van der Waals surface area contributed by atoms with E-state index in [2.05, 4.69) is 23.5 Å². The Kier molecular flexibility index (Phi) is 5.97. The number of amides is 1. The first-order valence-electron chi connectivity index (χ1n) is 10.9. The minimum atomic E-state index is -3.54. The lowest BCUT2D eigenvalue weighted by atomic mass is 9.88. The number of fused-ring (bicyclic) bond motifs is 2. The highest BCUT2D eigenvalue weighted by atomic mass is 32.2. The molecule has 31 heavy (non-hydrogen) atoms. The number of sulfonamides is 1. The number of benzene rings is 2. The van der Waals surface area contributed by atoms with Crippen molar-refractivity contribution in [3.63, 3.8) is 0 Å². The summed E-state index contributed by atoms with van der Waals surface area (Å²) >= 11 is 0. The molecule has 6 nitrogen and oxygen atoms in total. The number of anilines is 1. The van der Waals surface area contributed by atoms with Gasteiger partial charge in [-0.1, -0.05) is 31.2 Å². The number of carbonyl (C=O) groups excluding carboxylic acids is 1. The van der Waals surface area contributed by atoms with Crippen LogP contribution in [0, 0.1) is 6.92 Å². The first-order valence-corrected chi connectivity index (χ1v) is 12.8. The van der Waals surface area contributed by atoms with E-state index in [4.69, 9.17) is 4.74 Å². The van der Waals surface area contributed by atoms with Gasteiger partial charge < -0.3 is 10.1 Å². The van der Waals surface area contributed by atoms with E-state index in [1.807, 2.05) is 19.9 Å². The molecule has 1 amide bonds. The maximum absolute atomic E-state index is 13.1. The van der Waals surface area contributed by atoms with Gasteiger partial charge in [-0.05, 0) is 73.4 Å². The molecule has 1 aliphatic carbocycles. The molecule has 0 fully saturated rings. The van der Waals surface area contributed by atoms with Crippen LogP contribution in [0.3, 0.4) is 0 Å². The fraction of sp³-hybridized carbons (Fsp3) is 0.458. The minimum Gasteiger partial charge on any atom is -0.476 e. The van der Waals surface area contributed by atoms with Crippen molar-refractivity contribution in [3.8, 4) is 5.75 Å². The Morgan fingerprint density at radius 3 is 2.61 bits per heavy atom. The Labute approximate surface area is 184 Å². The first-order chi connectivity index (χ1) is 14.8. The predicted octanol–water partition coefficient (Wildman–Crippen LogP) is 3.67. The summed E-state index contributed by atoms with van der Waals surface area (Å²) in [6, 6.07) is 11.7. The Morgan fingerprint density at radius 1 is 1.16 bits per heavy atom. The predicted molar refractivity (Wildman–Crippen MR) is 122 cm³/mol. The van der Waals surface area contributed by atoms with E-state index in [-0.39, 0.29) is 18.5 Å². The zero-order chi connectivity index (χ0) is 22.2. The van der Waals surface area contributed by atoms with Gasteiger partial charge in [0, 0.05) is 0 Å².